The van der Waals surface area contributed by atoms with E-state index in [0.29, 0.717) is 22.2 Å². The third-order valence-electron chi connectivity index (χ3n) is 3.66. The molecular formula is C17H13ClN4OS. The Hall–Kier alpha value is -2.44. The van der Waals surface area contributed by atoms with Crippen molar-refractivity contribution in [1.29, 1.82) is 0 Å². The molecule has 0 saturated carbocycles. The Morgan fingerprint density at radius 1 is 1.21 bits per heavy atom. The summed E-state index contributed by atoms with van der Waals surface area (Å²) in [5, 5.41) is 13.1. The van der Waals surface area contributed by atoms with Gasteiger partial charge in [-0.05, 0) is 40.9 Å². The van der Waals surface area contributed by atoms with Crippen molar-refractivity contribution in [3.63, 3.8) is 0 Å². The molecule has 0 aliphatic heterocycles. The van der Waals surface area contributed by atoms with Crippen molar-refractivity contribution in [2.24, 2.45) is 0 Å². The van der Waals surface area contributed by atoms with Gasteiger partial charge in [0.15, 0.2) is 0 Å². The zero-order valence-electron chi connectivity index (χ0n) is 12.6. The Bertz CT molecular complexity index is 968. The Morgan fingerprint density at radius 3 is 3.00 bits per heavy atom. The second-order valence-corrected chi connectivity index (χ2v) is 6.47. The van der Waals surface area contributed by atoms with Crippen LogP contribution in [0, 0.1) is 0 Å². The second-order valence-electron chi connectivity index (χ2n) is 5.25. The summed E-state index contributed by atoms with van der Waals surface area (Å²) in [4.78, 5) is 8.51. The SMILES string of the molecule is Clc1cccc(-c2noc3ncnc(NCCc4ccsc4)c23)c1. The molecule has 4 rings (SSSR count). The lowest BCUT2D eigenvalue weighted by atomic mass is 10.1. The van der Waals surface area contributed by atoms with Gasteiger partial charge in [-0.2, -0.15) is 16.3 Å². The first-order valence-electron chi connectivity index (χ1n) is 7.42. The maximum atomic E-state index is 6.09. The number of benzene rings is 1. The number of halogens is 1. The van der Waals surface area contributed by atoms with Crippen LogP contribution in [0.15, 0.2) is 51.9 Å². The Labute approximate surface area is 147 Å². The smallest absolute Gasteiger partial charge is 0.263 e. The van der Waals surface area contributed by atoms with E-state index in [2.05, 4.69) is 37.3 Å². The lowest BCUT2D eigenvalue weighted by Gasteiger charge is -2.06. The number of rotatable bonds is 5. The van der Waals surface area contributed by atoms with E-state index in [9.17, 15) is 0 Å². The van der Waals surface area contributed by atoms with Crippen LogP contribution < -0.4 is 5.32 Å². The average molecular weight is 357 g/mol. The van der Waals surface area contributed by atoms with Crippen LogP contribution in [-0.4, -0.2) is 21.7 Å². The van der Waals surface area contributed by atoms with Crippen molar-refractivity contribution in [2.45, 2.75) is 6.42 Å². The van der Waals surface area contributed by atoms with E-state index < -0.39 is 0 Å². The highest BCUT2D eigenvalue weighted by Crippen LogP contribution is 2.32. The number of thiophene rings is 1. The van der Waals surface area contributed by atoms with Gasteiger partial charge < -0.3 is 9.84 Å². The molecule has 0 radical (unpaired) electrons. The molecular weight excluding hydrogens is 344 g/mol. The zero-order valence-corrected chi connectivity index (χ0v) is 14.1. The van der Waals surface area contributed by atoms with Crippen molar-refractivity contribution in [3.05, 3.63) is 58.0 Å². The number of hydrogen-bond donors (Lipinski definition) is 1. The summed E-state index contributed by atoms with van der Waals surface area (Å²) < 4.78 is 5.35. The summed E-state index contributed by atoms with van der Waals surface area (Å²) in [7, 11) is 0. The average Bonchev–Trinajstić information content (AvgIpc) is 3.24. The van der Waals surface area contributed by atoms with Gasteiger partial charge in [0, 0.05) is 17.1 Å². The number of fused-ring (bicyclic) bond motifs is 1. The molecule has 0 atom stereocenters. The van der Waals surface area contributed by atoms with Gasteiger partial charge in [0.1, 0.15) is 23.2 Å². The summed E-state index contributed by atoms with van der Waals surface area (Å²) in [5.41, 5.74) is 3.32. The summed E-state index contributed by atoms with van der Waals surface area (Å²) in [6.07, 6.45) is 2.40. The molecule has 7 heteroatoms. The highest BCUT2D eigenvalue weighted by molar-refractivity contribution is 7.07. The molecule has 0 unspecified atom stereocenters. The quantitative estimate of drug-likeness (QED) is 0.563. The van der Waals surface area contributed by atoms with Crippen molar-refractivity contribution in [1.82, 2.24) is 15.1 Å². The molecule has 0 saturated heterocycles. The molecule has 0 aliphatic carbocycles. The van der Waals surface area contributed by atoms with Crippen molar-refractivity contribution in [2.75, 3.05) is 11.9 Å². The monoisotopic (exact) mass is 356 g/mol. The second kappa shape index (κ2) is 6.59. The van der Waals surface area contributed by atoms with Crippen LogP contribution in [0.4, 0.5) is 5.82 Å². The first-order chi connectivity index (χ1) is 11.8. The highest BCUT2D eigenvalue weighted by atomic mass is 35.5. The van der Waals surface area contributed by atoms with Gasteiger partial charge in [0.25, 0.3) is 5.71 Å². The minimum Gasteiger partial charge on any atom is -0.369 e. The van der Waals surface area contributed by atoms with E-state index in [0.717, 1.165) is 23.9 Å². The Kier molecular flexibility index (Phi) is 4.15. The Morgan fingerprint density at radius 2 is 2.17 bits per heavy atom. The van der Waals surface area contributed by atoms with E-state index in [4.69, 9.17) is 16.1 Å². The minimum atomic E-state index is 0.456. The van der Waals surface area contributed by atoms with Gasteiger partial charge in [0.05, 0.1) is 0 Å². The van der Waals surface area contributed by atoms with E-state index >= 15 is 0 Å². The van der Waals surface area contributed by atoms with Crippen LogP contribution in [-0.2, 0) is 6.42 Å². The van der Waals surface area contributed by atoms with E-state index in [-0.39, 0.29) is 0 Å². The summed E-state index contributed by atoms with van der Waals surface area (Å²) in [6, 6.07) is 9.61. The van der Waals surface area contributed by atoms with Gasteiger partial charge in [-0.1, -0.05) is 28.9 Å². The molecule has 4 aromatic rings. The van der Waals surface area contributed by atoms with Crippen LogP contribution in [0.25, 0.3) is 22.4 Å². The molecule has 120 valence electrons. The number of anilines is 1. The van der Waals surface area contributed by atoms with Gasteiger partial charge in [-0.3, -0.25) is 0 Å². The molecule has 3 aromatic heterocycles. The fourth-order valence-corrected chi connectivity index (χ4v) is 3.41. The Balaban J connectivity index is 1.66. The molecule has 0 bridgehead atoms. The van der Waals surface area contributed by atoms with Gasteiger partial charge in [-0.15, -0.1) is 0 Å². The fourth-order valence-electron chi connectivity index (χ4n) is 2.51. The standard InChI is InChI=1S/C17H13ClN4OS/c18-13-3-1-2-12(8-13)15-14-16(20-10-21-17(14)23-22-15)19-6-4-11-5-7-24-9-11/h1-3,5,7-10H,4,6H2,(H,19,20,21). The number of aromatic nitrogens is 3. The highest BCUT2D eigenvalue weighted by Gasteiger charge is 2.16. The molecule has 0 amide bonds. The van der Waals surface area contributed by atoms with E-state index in [1.807, 2.05) is 24.3 Å². The van der Waals surface area contributed by atoms with Crippen molar-refractivity contribution < 1.29 is 4.52 Å². The lowest BCUT2D eigenvalue weighted by Crippen LogP contribution is -2.06. The van der Waals surface area contributed by atoms with Gasteiger partial charge >= 0.3 is 0 Å². The normalized spacial score (nSPS) is 11.0. The third kappa shape index (κ3) is 2.98. The molecule has 0 spiro atoms. The molecule has 3 heterocycles. The topological polar surface area (TPSA) is 63.8 Å². The van der Waals surface area contributed by atoms with Crippen molar-refractivity contribution >= 4 is 39.9 Å². The van der Waals surface area contributed by atoms with E-state index in [1.165, 1.54) is 11.9 Å². The predicted molar refractivity (Wildman–Crippen MR) is 96.6 cm³/mol. The van der Waals surface area contributed by atoms with Crippen LogP contribution in [0.2, 0.25) is 5.02 Å². The largest absolute Gasteiger partial charge is 0.369 e. The first kappa shape index (κ1) is 15.1. The summed E-state index contributed by atoms with van der Waals surface area (Å²) in [6.45, 7) is 0.767. The summed E-state index contributed by atoms with van der Waals surface area (Å²) in [5.74, 6) is 0.714. The number of hydrogen-bond acceptors (Lipinski definition) is 6. The molecule has 24 heavy (non-hydrogen) atoms. The number of nitrogens with zero attached hydrogens (tertiary/aromatic N) is 3. The minimum absolute atomic E-state index is 0.456. The van der Waals surface area contributed by atoms with E-state index in [1.54, 1.807) is 11.3 Å². The fraction of sp³-hybridized carbons (Fsp3) is 0.118. The zero-order chi connectivity index (χ0) is 16.4. The van der Waals surface area contributed by atoms with Crippen LogP contribution in [0.3, 0.4) is 0 Å². The maximum Gasteiger partial charge on any atom is 0.263 e. The molecule has 1 aromatic carbocycles. The first-order valence-corrected chi connectivity index (χ1v) is 8.74. The lowest BCUT2D eigenvalue weighted by molar-refractivity contribution is 0.451. The predicted octanol–water partition coefficient (Wildman–Crippen LogP) is 4.65. The number of nitrogens with one attached hydrogen (secondary N) is 1. The molecule has 5 nitrogen and oxygen atoms in total. The molecule has 0 aliphatic rings. The van der Waals surface area contributed by atoms with Crippen LogP contribution in [0.5, 0.6) is 0 Å². The molecule has 1 N–H and O–H groups in total. The van der Waals surface area contributed by atoms with Crippen LogP contribution in [0.1, 0.15) is 5.56 Å². The van der Waals surface area contributed by atoms with Crippen LogP contribution >= 0.6 is 22.9 Å². The van der Waals surface area contributed by atoms with Crippen molar-refractivity contribution in [3.8, 4) is 11.3 Å². The third-order valence-corrected chi connectivity index (χ3v) is 4.62. The van der Waals surface area contributed by atoms with Gasteiger partial charge in [-0.25, -0.2) is 4.98 Å². The summed E-state index contributed by atoms with van der Waals surface area (Å²) >= 11 is 7.79. The maximum absolute atomic E-state index is 6.09. The molecule has 0 fully saturated rings. The van der Waals surface area contributed by atoms with Gasteiger partial charge in [0.2, 0.25) is 0 Å².